The van der Waals surface area contributed by atoms with Crippen LogP contribution in [0.15, 0.2) is 84.9 Å². The van der Waals surface area contributed by atoms with E-state index in [9.17, 15) is 14.0 Å². The van der Waals surface area contributed by atoms with Gasteiger partial charge in [-0.1, -0.05) is 60.7 Å². The minimum absolute atomic E-state index is 0.0214. The van der Waals surface area contributed by atoms with E-state index in [-0.39, 0.29) is 11.6 Å². The monoisotopic (exact) mass is 426 g/mol. The fourth-order valence-electron chi connectivity index (χ4n) is 5.69. The zero-order chi connectivity index (χ0) is 22.5. The average molecular weight is 426 g/mol. The number of Topliss-reactive ketones (excluding diaryl/α,β-unsaturated/α-hetero) is 1. The minimum Gasteiger partial charge on any atom is -0.488 e. The number of allylic oxidation sites excluding steroid dienone is 1. The molecule has 0 spiro atoms. The number of hydrogen-bond acceptors (Lipinski definition) is 3. The van der Waals surface area contributed by atoms with Crippen LogP contribution in [0.4, 0.5) is 4.39 Å². The second-order valence-corrected chi connectivity index (χ2v) is 8.87. The number of fused-ring (bicyclic) bond motifs is 2. The predicted molar refractivity (Wildman–Crippen MR) is 121 cm³/mol. The number of ketones is 1. The number of aldehydes is 1. The average Bonchev–Trinajstić information content (AvgIpc) is 3.10. The SMILES string of the molecule is CC12C(=O)[C@@](C)(C(c3ccccc3)=C1c1ccccc1)C(Oc1ccc(F)cc1)C2C=O. The van der Waals surface area contributed by atoms with Gasteiger partial charge in [0.05, 0.1) is 16.7 Å². The Bertz CT molecular complexity index is 1220. The molecule has 160 valence electrons. The van der Waals surface area contributed by atoms with E-state index in [0.29, 0.717) is 5.75 Å². The topological polar surface area (TPSA) is 43.4 Å². The molecule has 2 aliphatic carbocycles. The molecule has 3 aromatic carbocycles. The number of ether oxygens (including phenoxy) is 1. The van der Waals surface area contributed by atoms with Gasteiger partial charge in [0.2, 0.25) is 0 Å². The Kier molecular flexibility index (Phi) is 4.63. The second kappa shape index (κ2) is 7.27. The summed E-state index contributed by atoms with van der Waals surface area (Å²) in [6, 6.07) is 25.3. The van der Waals surface area contributed by atoms with Crippen LogP contribution in [0.2, 0.25) is 0 Å². The molecular weight excluding hydrogens is 403 g/mol. The van der Waals surface area contributed by atoms with Gasteiger partial charge in [-0.15, -0.1) is 0 Å². The zero-order valence-corrected chi connectivity index (χ0v) is 17.9. The summed E-state index contributed by atoms with van der Waals surface area (Å²) in [7, 11) is 0. The van der Waals surface area contributed by atoms with Crippen molar-refractivity contribution < 1.29 is 18.7 Å². The minimum atomic E-state index is -1.04. The van der Waals surface area contributed by atoms with E-state index in [1.807, 2.05) is 74.5 Å². The molecule has 0 N–H and O–H groups in total. The van der Waals surface area contributed by atoms with Gasteiger partial charge >= 0.3 is 0 Å². The number of carbonyl (C=O) groups excluding carboxylic acids is 2. The number of halogens is 1. The molecule has 0 saturated heterocycles. The summed E-state index contributed by atoms with van der Waals surface area (Å²) in [6.07, 6.45) is 0.146. The second-order valence-electron chi connectivity index (χ2n) is 8.87. The van der Waals surface area contributed by atoms with Crippen molar-refractivity contribution in [1.82, 2.24) is 0 Å². The number of rotatable bonds is 5. The molecule has 2 aliphatic rings. The third-order valence-electron chi connectivity index (χ3n) is 7.14. The Balaban J connectivity index is 1.77. The van der Waals surface area contributed by atoms with Crippen molar-refractivity contribution >= 4 is 23.2 Å². The van der Waals surface area contributed by atoms with Crippen molar-refractivity contribution in [1.29, 1.82) is 0 Å². The first-order valence-electron chi connectivity index (χ1n) is 10.7. The van der Waals surface area contributed by atoms with Gasteiger partial charge in [-0.25, -0.2) is 4.39 Å². The van der Waals surface area contributed by atoms with Gasteiger partial charge in [0.1, 0.15) is 24.0 Å². The van der Waals surface area contributed by atoms with Crippen LogP contribution in [0.25, 0.3) is 11.1 Å². The smallest absolute Gasteiger partial charge is 0.158 e. The molecule has 2 bridgehead atoms. The first kappa shape index (κ1) is 20.4. The highest BCUT2D eigenvalue weighted by Crippen LogP contribution is 2.69. The lowest BCUT2D eigenvalue weighted by atomic mass is 9.66. The third-order valence-corrected chi connectivity index (χ3v) is 7.14. The van der Waals surface area contributed by atoms with Crippen molar-refractivity contribution in [3.63, 3.8) is 0 Å². The molecule has 0 amide bonds. The molecule has 4 atom stereocenters. The summed E-state index contributed by atoms with van der Waals surface area (Å²) in [6.45, 7) is 3.74. The predicted octanol–water partition coefficient (Wildman–Crippen LogP) is 5.61. The first-order chi connectivity index (χ1) is 15.4. The number of carbonyl (C=O) groups is 2. The van der Waals surface area contributed by atoms with Crippen LogP contribution in [-0.2, 0) is 9.59 Å². The van der Waals surface area contributed by atoms with Crippen LogP contribution in [0.3, 0.4) is 0 Å². The van der Waals surface area contributed by atoms with Crippen LogP contribution in [0.5, 0.6) is 5.75 Å². The maximum absolute atomic E-state index is 14.1. The fourth-order valence-corrected chi connectivity index (χ4v) is 5.69. The molecule has 1 fully saturated rings. The van der Waals surface area contributed by atoms with Gasteiger partial charge < -0.3 is 9.53 Å². The van der Waals surface area contributed by atoms with Gasteiger partial charge in [-0.3, -0.25) is 4.79 Å². The standard InChI is InChI=1S/C28H23FO3/c1-27-22(17-30)25(32-21-15-13-20(29)14-16-21)28(2,26(27)31)24(19-11-7-4-8-12-19)23(27)18-9-5-3-6-10-18/h3-17,22,25H,1-2H3/t22?,25?,27?,28-/m0/s1. The van der Waals surface area contributed by atoms with Crippen LogP contribution < -0.4 is 4.74 Å². The van der Waals surface area contributed by atoms with Gasteiger partial charge in [0, 0.05) is 0 Å². The Morgan fingerprint density at radius 3 is 1.78 bits per heavy atom. The Hall–Kier alpha value is -3.53. The third kappa shape index (κ3) is 2.65. The van der Waals surface area contributed by atoms with Gasteiger partial charge in [0.15, 0.2) is 5.78 Å². The Morgan fingerprint density at radius 1 is 0.781 bits per heavy atom. The first-order valence-corrected chi connectivity index (χ1v) is 10.7. The number of hydrogen-bond donors (Lipinski definition) is 0. The summed E-state index contributed by atoms with van der Waals surface area (Å²) in [5.74, 6) is -0.635. The molecule has 1 saturated carbocycles. The molecule has 3 unspecified atom stereocenters. The largest absolute Gasteiger partial charge is 0.488 e. The molecule has 0 aromatic heterocycles. The van der Waals surface area contributed by atoms with Crippen molar-refractivity contribution in [2.45, 2.75) is 20.0 Å². The molecule has 0 heterocycles. The Morgan fingerprint density at radius 2 is 1.28 bits per heavy atom. The lowest BCUT2D eigenvalue weighted by Gasteiger charge is -2.39. The Labute approximate surface area is 186 Å². The normalized spacial score (nSPS) is 28.8. The maximum atomic E-state index is 14.1. The molecule has 0 radical (unpaired) electrons. The lowest BCUT2D eigenvalue weighted by Crippen LogP contribution is -2.43. The fraction of sp³-hybridized carbons (Fsp3) is 0.214. The highest BCUT2D eigenvalue weighted by Gasteiger charge is 2.73. The van der Waals surface area contributed by atoms with Crippen LogP contribution >= 0.6 is 0 Å². The molecular formula is C28H23FO3. The summed E-state index contributed by atoms with van der Waals surface area (Å²) >= 11 is 0. The molecule has 5 rings (SSSR count). The van der Waals surface area contributed by atoms with Crippen LogP contribution in [-0.4, -0.2) is 18.2 Å². The van der Waals surface area contributed by atoms with E-state index in [2.05, 4.69) is 0 Å². The summed E-state index contributed by atoms with van der Waals surface area (Å²) < 4.78 is 19.7. The van der Waals surface area contributed by atoms with E-state index in [4.69, 9.17) is 4.74 Å². The molecule has 3 nitrogen and oxygen atoms in total. The van der Waals surface area contributed by atoms with Crippen molar-refractivity contribution in [2.24, 2.45) is 16.7 Å². The van der Waals surface area contributed by atoms with Crippen molar-refractivity contribution in [3.8, 4) is 5.75 Å². The van der Waals surface area contributed by atoms with Crippen molar-refractivity contribution in [2.75, 3.05) is 0 Å². The highest BCUT2D eigenvalue weighted by atomic mass is 19.1. The van der Waals surface area contributed by atoms with Gasteiger partial charge in [-0.2, -0.15) is 0 Å². The lowest BCUT2D eigenvalue weighted by molar-refractivity contribution is -0.128. The van der Waals surface area contributed by atoms with Gasteiger partial charge in [-0.05, 0) is 60.4 Å². The van der Waals surface area contributed by atoms with E-state index < -0.39 is 22.9 Å². The summed E-state index contributed by atoms with van der Waals surface area (Å²) in [4.78, 5) is 26.5. The summed E-state index contributed by atoms with van der Waals surface area (Å²) in [5.41, 5.74) is 1.56. The number of benzene rings is 3. The van der Waals surface area contributed by atoms with E-state index in [1.54, 1.807) is 0 Å². The molecule has 0 aliphatic heterocycles. The zero-order valence-electron chi connectivity index (χ0n) is 17.9. The summed E-state index contributed by atoms with van der Waals surface area (Å²) in [5, 5.41) is 0. The molecule has 4 heteroatoms. The van der Waals surface area contributed by atoms with Crippen LogP contribution in [0.1, 0.15) is 25.0 Å². The maximum Gasteiger partial charge on any atom is 0.158 e. The van der Waals surface area contributed by atoms with Crippen LogP contribution in [0, 0.1) is 22.6 Å². The van der Waals surface area contributed by atoms with E-state index in [0.717, 1.165) is 28.6 Å². The quantitative estimate of drug-likeness (QED) is 0.498. The van der Waals surface area contributed by atoms with E-state index >= 15 is 0 Å². The molecule has 32 heavy (non-hydrogen) atoms. The highest BCUT2D eigenvalue weighted by molar-refractivity contribution is 6.24. The van der Waals surface area contributed by atoms with E-state index in [1.165, 1.54) is 24.3 Å². The van der Waals surface area contributed by atoms with Gasteiger partial charge in [0.25, 0.3) is 0 Å². The molecule has 3 aromatic rings. The van der Waals surface area contributed by atoms with Crippen molar-refractivity contribution in [3.05, 3.63) is 102 Å².